The molecule has 1 N–H and O–H groups in total. The molecule has 1 aromatic carbocycles. The van der Waals surface area contributed by atoms with Crippen LogP contribution in [0.15, 0.2) is 24.3 Å². The first-order chi connectivity index (χ1) is 9.49. The third-order valence-electron chi connectivity index (χ3n) is 3.31. The van der Waals surface area contributed by atoms with Gasteiger partial charge in [-0.15, -0.1) is 0 Å². The smallest absolute Gasteiger partial charge is 0.332 e. The summed E-state index contributed by atoms with van der Waals surface area (Å²) in [5.74, 6) is -1.23. The summed E-state index contributed by atoms with van der Waals surface area (Å²) in [6.45, 7) is 0.371. The first-order valence-electron chi connectivity index (χ1n) is 6.35. The standard InChI is InChI=1S/C14H16ClNO4/c1-16(8-9-4-2-3-5-10(9)15)13(17)11-6-7-12(20-11)14(18)19/h2-5,11-12H,6-8H2,1H3,(H,18,19). The predicted molar refractivity (Wildman–Crippen MR) is 73.5 cm³/mol. The number of rotatable bonds is 4. The van der Waals surface area contributed by atoms with Crippen molar-refractivity contribution in [3.05, 3.63) is 34.9 Å². The monoisotopic (exact) mass is 297 g/mol. The maximum Gasteiger partial charge on any atom is 0.332 e. The average molecular weight is 298 g/mol. The van der Waals surface area contributed by atoms with Crippen molar-refractivity contribution in [1.82, 2.24) is 4.90 Å². The highest BCUT2D eigenvalue weighted by atomic mass is 35.5. The van der Waals surface area contributed by atoms with E-state index in [1.54, 1.807) is 13.1 Å². The van der Waals surface area contributed by atoms with E-state index in [9.17, 15) is 9.59 Å². The number of ether oxygens (including phenoxy) is 1. The summed E-state index contributed by atoms with van der Waals surface area (Å²) in [5.41, 5.74) is 0.845. The van der Waals surface area contributed by atoms with E-state index < -0.39 is 18.2 Å². The molecule has 0 radical (unpaired) electrons. The number of likely N-dealkylation sites (N-methyl/N-ethyl adjacent to an activating group) is 1. The van der Waals surface area contributed by atoms with Crippen LogP contribution in [0.1, 0.15) is 18.4 Å². The molecule has 1 aliphatic heterocycles. The van der Waals surface area contributed by atoms with Gasteiger partial charge in [-0.05, 0) is 24.5 Å². The van der Waals surface area contributed by atoms with Crippen LogP contribution in [-0.4, -0.2) is 41.1 Å². The number of nitrogens with zero attached hydrogens (tertiary/aromatic N) is 1. The maximum atomic E-state index is 12.2. The lowest BCUT2D eigenvalue weighted by Crippen LogP contribution is -2.36. The fourth-order valence-electron chi connectivity index (χ4n) is 2.21. The van der Waals surface area contributed by atoms with Crippen molar-refractivity contribution in [2.45, 2.75) is 31.6 Å². The van der Waals surface area contributed by atoms with E-state index in [0.29, 0.717) is 24.4 Å². The molecule has 108 valence electrons. The van der Waals surface area contributed by atoms with E-state index in [2.05, 4.69) is 0 Å². The number of carbonyl (C=O) groups excluding carboxylic acids is 1. The zero-order valence-corrected chi connectivity index (χ0v) is 11.8. The van der Waals surface area contributed by atoms with E-state index in [1.807, 2.05) is 18.2 Å². The van der Waals surface area contributed by atoms with Crippen LogP contribution in [0.5, 0.6) is 0 Å². The molecule has 1 heterocycles. The third kappa shape index (κ3) is 3.29. The number of halogens is 1. The van der Waals surface area contributed by atoms with Crippen molar-refractivity contribution < 1.29 is 19.4 Å². The lowest BCUT2D eigenvalue weighted by atomic mass is 10.1. The number of amides is 1. The van der Waals surface area contributed by atoms with E-state index in [0.717, 1.165) is 5.56 Å². The lowest BCUT2D eigenvalue weighted by Gasteiger charge is -2.21. The van der Waals surface area contributed by atoms with Gasteiger partial charge in [0, 0.05) is 18.6 Å². The Morgan fingerprint density at radius 1 is 1.35 bits per heavy atom. The fourth-order valence-corrected chi connectivity index (χ4v) is 2.40. The van der Waals surface area contributed by atoms with Gasteiger partial charge in [0.15, 0.2) is 6.10 Å². The third-order valence-corrected chi connectivity index (χ3v) is 3.68. The topological polar surface area (TPSA) is 66.8 Å². The molecule has 0 aromatic heterocycles. The molecule has 1 aromatic rings. The van der Waals surface area contributed by atoms with Gasteiger partial charge in [-0.1, -0.05) is 29.8 Å². The Labute approximate surface area is 122 Å². The van der Waals surface area contributed by atoms with Crippen LogP contribution >= 0.6 is 11.6 Å². The van der Waals surface area contributed by atoms with Crippen LogP contribution in [0.3, 0.4) is 0 Å². The van der Waals surface area contributed by atoms with Crippen molar-refractivity contribution in [3.63, 3.8) is 0 Å². The van der Waals surface area contributed by atoms with E-state index in [-0.39, 0.29) is 5.91 Å². The molecule has 0 aliphatic carbocycles. The van der Waals surface area contributed by atoms with Crippen LogP contribution in [0.4, 0.5) is 0 Å². The maximum absolute atomic E-state index is 12.2. The highest BCUT2D eigenvalue weighted by molar-refractivity contribution is 6.31. The van der Waals surface area contributed by atoms with Gasteiger partial charge < -0.3 is 14.7 Å². The molecule has 1 aliphatic rings. The molecular weight excluding hydrogens is 282 g/mol. The van der Waals surface area contributed by atoms with Crippen molar-refractivity contribution in [3.8, 4) is 0 Å². The molecule has 1 amide bonds. The lowest BCUT2D eigenvalue weighted by molar-refractivity contribution is -0.154. The molecule has 2 atom stereocenters. The van der Waals surface area contributed by atoms with Gasteiger partial charge in [0.05, 0.1) is 0 Å². The molecule has 2 rings (SSSR count). The summed E-state index contributed by atoms with van der Waals surface area (Å²) in [6.07, 6.45) is -0.754. The highest BCUT2D eigenvalue weighted by Gasteiger charge is 2.36. The quantitative estimate of drug-likeness (QED) is 0.922. The Bertz CT molecular complexity index is 520. The van der Waals surface area contributed by atoms with Crippen LogP contribution in [0, 0.1) is 0 Å². The van der Waals surface area contributed by atoms with Crippen molar-refractivity contribution >= 4 is 23.5 Å². The summed E-state index contributed by atoms with van der Waals surface area (Å²) in [5, 5.41) is 9.46. The molecule has 1 fully saturated rings. The SMILES string of the molecule is CN(Cc1ccccc1Cl)C(=O)C1CCC(C(=O)O)O1. The molecule has 2 unspecified atom stereocenters. The van der Waals surface area contributed by atoms with Gasteiger partial charge in [-0.3, -0.25) is 4.79 Å². The highest BCUT2D eigenvalue weighted by Crippen LogP contribution is 2.23. The summed E-state index contributed by atoms with van der Waals surface area (Å²) in [6, 6.07) is 7.29. The van der Waals surface area contributed by atoms with Crippen LogP contribution in [-0.2, 0) is 20.9 Å². The zero-order valence-electron chi connectivity index (χ0n) is 11.1. The van der Waals surface area contributed by atoms with Gasteiger partial charge in [0.25, 0.3) is 5.91 Å². The minimum absolute atomic E-state index is 0.214. The number of hydrogen-bond acceptors (Lipinski definition) is 3. The fraction of sp³-hybridized carbons (Fsp3) is 0.429. The number of aliphatic carboxylic acids is 1. The van der Waals surface area contributed by atoms with Crippen LogP contribution < -0.4 is 0 Å². The van der Waals surface area contributed by atoms with Gasteiger partial charge in [0.2, 0.25) is 0 Å². The second-order valence-electron chi connectivity index (χ2n) is 4.81. The molecule has 0 saturated carbocycles. The minimum Gasteiger partial charge on any atom is -0.479 e. The van der Waals surface area contributed by atoms with Crippen molar-refractivity contribution in [2.75, 3.05) is 7.05 Å². The summed E-state index contributed by atoms with van der Waals surface area (Å²) in [7, 11) is 1.66. The zero-order chi connectivity index (χ0) is 14.7. The minimum atomic E-state index is -1.02. The Hall–Kier alpha value is -1.59. The molecule has 5 nitrogen and oxygen atoms in total. The molecule has 6 heteroatoms. The molecule has 20 heavy (non-hydrogen) atoms. The summed E-state index contributed by atoms with van der Waals surface area (Å²) >= 11 is 6.05. The Morgan fingerprint density at radius 2 is 2.00 bits per heavy atom. The number of carboxylic acid groups (broad SMARTS) is 1. The van der Waals surface area contributed by atoms with E-state index in [1.165, 1.54) is 4.90 Å². The molecule has 0 spiro atoms. The van der Waals surface area contributed by atoms with E-state index >= 15 is 0 Å². The normalized spacial score (nSPS) is 21.7. The molecule has 1 saturated heterocycles. The van der Waals surface area contributed by atoms with E-state index in [4.69, 9.17) is 21.4 Å². The molecular formula is C14H16ClNO4. The Kier molecular flexibility index (Phi) is 4.62. The van der Waals surface area contributed by atoms with Crippen LogP contribution in [0.2, 0.25) is 5.02 Å². The number of carbonyl (C=O) groups is 2. The van der Waals surface area contributed by atoms with Crippen molar-refractivity contribution in [1.29, 1.82) is 0 Å². The van der Waals surface area contributed by atoms with Gasteiger partial charge >= 0.3 is 5.97 Å². The second-order valence-corrected chi connectivity index (χ2v) is 5.22. The van der Waals surface area contributed by atoms with Crippen molar-refractivity contribution in [2.24, 2.45) is 0 Å². The second kappa shape index (κ2) is 6.24. The Morgan fingerprint density at radius 3 is 2.60 bits per heavy atom. The average Bonchev–Trinajstić information content (AvgIpc) is 2.90. The van der Waals surface area contributed by atoms with Gasteiger partial charge in [-0.25, -0.2) is 4.79 Å². The van der Waals surface area contributed by atoms with Gasteiger partial charge in [0.1, 0.15) is 6.10 Å². The predicted octanol–water partition coefficient (Wildman–Crippen LogP) is 1.93. The number of carboxylic acids is 1. The van der Waals surface area contributed by atoms with Crippen LogP contribution in [0.25, 0.3) is 0 Å². The summed E-state index contributed by atoms with van der Waals surface area (Å²) < 4.78 is 5.25. The number of hydrogen-bond donors (Lipinski definition) is 1. The Balaban J connectivity index is 1.96. The largest absolute Gasteiger partial charge is 0.479 e. The first-order valence-corrected chi connectivity index (χ1v) is 6.73. The summed E-state index contributed by atoms with van der Waals surface area (Å²) in [4.78, 5) is 24.5. The number of benzene rings is 1. The molecule has 0 bridgehead atoms. The van der Waals surface area contributed by atoms with Gasteiger partial charge in [-0.2, -0.15) is 0 Å². The first kappa shape index (κ1) is 14.8.